The summed E-state index contributed by atoms with van der Waals surface area (Å²) in [6.45, 7) is 1.66. The molecule has 100 valence electrons. The van der Waals surface area contributed by atoms with Crippen LogP contribution in [0.4, 0.5) is 4.39 Å². The van der Waals surface area contributed by atoms with Crippen molar-refractivity contribution in [2.24, 2.45) is 0 Å². The lowest BCUT2D eigenvalue weighted by atomic mass is 10.2. The summed E-state index contributed by atoms with van der Waals surface area (Å²) in [7, 11) is 1.58. The Morgan fingerprint density at radius 1 is 1.39 bits per heavy atom. The Morgan fingerprint density at radius 2 is 2.17 bits per heavy atom. The van der Waals surface area contributed by atoms with Crippen molar-refractivity contribution in [2.75, 3.05) is 33.5 Å². The molecule has 0 saturated carbocycles. The van der Waals surface area contributed by atoms with Gasteiger partial charge in [-0.2, -0.15) is 0 Å². The smallest absolute Gasteiger partial charge is 0.252 e. The van der Waals surface area contributed by atoms with Gasteiger partial charge in [-0.1, -0.05) is 17.7 Å². The number of amides is 1. The number of carbonyl (C=O) groups is 1. The molecule has 1 aromatic rings. The average Bonchev–Trinajstić information content (AvgIpc) is 2.36. The van der Waals surface area contributed by atoms with E-state index in [4.69, 9.17) is 21.1 Å². The molecule has 0 aliphatic carbocycles. The molecular weight excluding hydrogens is 261 g/mol. The first-order chi connectivity index (χ1) is 8.66. The molecule has 1 aromatic carbocycles. The van der Waals surface area contributed by atoms with Crippen LogP contribution in [0, 0.1) is 5.82 Å². The standard InChI is InChI=1S/C12H15ClFNO3/c1-17-7-8-18-6-5-15-12(16)9-3-2-4-10(14)11(9)13/h2-4H,5-8H2,1H3,(H,15,16). The lowest BCUT2D eigenvalue weighted by Gasteiger charge is -2.07. The van der Waals surface area contributed by atoms with E-state index in [9.17, 15) is 9.18 Å². The Morgan fingerprint density at radius 3 is 2.89 bits per heavy atom. The van der Waals surface area contributed by atoms with E-state index < -0.39 is 11.7 Å². The molecule has 0 saturated heterocycles. The van der Waals surface area contributed by atoms with Crippen molar-refractivity contribution in [2.45, 2.75) is 0 Å². The van der Waals surface area contributed by atoms with E-state index in [-0.39, 0.29) is 10.6 Å². The van der Waals surface area contributed by atoms with E-state index in [1.807, 2.05) is 0 Å². The Balaban J connectivity index is 2.35. The van der Waals surface area contributed by atoms with Gasteiger partial charge >= 0.3 is 0 Å². The summed E-state index contributed by atoms with van der Waals surface area (Å²) in [6.07, 6.45) is 0. The van der Waals surface area contributed by atoms with Crippen LogP contribution in [0.15, 0.2) is 18.2 Å². The quantitative estimate of drug-likeness (QED) is 0.773. The molecule has 0 heterocycles. The zero-order valence-electron chi connectivity index (χ0n) is 10.0. The summed E-state index contributed by atoms with van der Waals surface area (Å²) in [4.78, 5) is 11.7. The lowest BCUT2D eigenvalue weighted by Crippen LogP contribution is -2.28. The minimum Gasteiger partial charge on any atom is -0.382 e. The average molecular weight is 276 g/mol. The summed E-state index contributed by atoms with van der Waals surface area (Å²) in [5.74, 6) is -1.03. The summed E-state index contributed by atoms with van der Waals surface area (Å²) in [6, 6.07) is 4.10. The first kappa shape index (κ1) is 14.9. The number of methoxy groups -OCH3 is 1. The Hall–Kier alpha value is -1.17. The van der Waals surface area contributed by atoms with Crippen LogP contribution < -0.4 is 5.32 Å². The third-order valence-corrected chi connectivity index (χ3v) is 2.54. The molecule has 6 heteroatoms. The fraction of sp³-hybridized carbons (Fsp3) is 0.417. The molecule has 1 amide bonds. The van der Waals surface area contributed by atoms with Crippen molar-refractivity contribution >= 4 is 17.5 Å². The Labute approximate surface area is 110 Å². The predicted molar refractivity (Wildman–Crippen MR) is 66.4 cm³/mol. The second kappa shape index (κ2) is 8.02. The van der Waals surface area contributed by atoms with Gasteiger partial charge in [0.15, 0.2) is 0 Å². The first-order valence-electron chi connectivity index (χ1n) is 5.45. The summed E-state index contributed by atoms with van der Waals surface area (Å²) >= 11 is 5.69. The van der Waals surface area contributed by atoms with Gasteiger partial charge in [0.2, 0.25) is 0 Å². The molecule has 1 rings (SSSR count). The lowest BCUT2D eigenvalue weighted by molar-refractivity contribution is 0.0692. The van der Waals surface area contributed by atoms with Gasteiger partial charge in [0.1, 0.15) is 5.82 Å². The number of halogens is 2. The van der Waals surface area contributed by atoms with E-state index in [0.717, 1.165) is 0 Å². The minimum absolute atomic E-state index is 0.119. The van der Waals surface area contributed by atoms with Gasteiger partial charge in [0.05, 0.1) is 30.4 Å². The molecule has 0 aliphatic heterocycles. The van der Waals surface area contributed by atoms with Gasteiger partial charge in [0, 0.05) is 13.7 Å². The van der Waals surface area contributed by atoms with E-state index in [1.165, 1.54) is 18.2 Å². The minimum atomic E-state index is -0.610. The van der Waals surface area contributed by atoms with Crippen LogP contribution in [0.1, 0.15) is 10.4 Å². The van der Waals surface area contributed by atoms with Crippen LogP contribution in [0.5, 0.6) is 0 Å². The molecule has 0 bridgehead atoms. The SMILES string of the molecule is COCCOCCNC(=O)c1cccc(F)c1Cl. The van der Waals surface area contributed by atoms with Crippen molar-refractivity contribution in [3.63, 3.8) is 0 Å². The van der Waals surface area contributed by atoms with Gasteiger partial charge in [-0.15, -0.1) is 0 Å². The zero-order chi connectivity index (χ0) is 13.4. The van der Waals surface area contributed by atoms with Crippen molar-refractivity contribution in [3.8, 4) is 0 Å². The highest BCUT2D eigenvalue weighted by Crippen LogP contribution is 2.19. The number of ether oxygens (including phenoxy) is 2. The first-order valence-corrected chi connectivity index (χ1v) is 5.83. The number of benzene rings is 1. The van der Waals surface area contributed by atoms with Crippen LogP contribution in [0.3, 0.4) is 0 Å². The number of rotatable bonds is 7. The van der Waals surface area contributed by atoms with E-state index >= 15 is 0 Å². The summed E-state index contributed by atoms with van der Waals surface area (Å²) in [5.41, 5.74) is 0.119. The van der Waals surface area contributed by atoms with Crippen LogP contribution in [0.25, 0.3) is 0 Å². The fourth-order valence-electron chi connectivity index (χ4n) is 1.26. The molecule has 0 radical (unpaired) electrons. The maximum absolute atomic E-state index is 13.1. The second-order valence-electron chi connectivity index (χ2n) is 3.46. The molecule has 4 nitrogen and oxygen atoms in total. The van der Waals surface area contributed by atoms with E-state index in [2.05, 4.69) is 5.32 Å². The van der Waals surface area contributed by atoms with Crippen molar-refractivity contribution in [1.82, 2.24) is 5.32 Å². The zero-order valence-corrected chi connectivity index (χ0v) is 10.8. The van der Waals surface area contributed by atoms with E-state index in [0.29, 0.717) is 26.4 Å². The Bertz CT molecular complexity index is 401. The van der Waals surface area contributed by atoms with Gasteiger partial charge in [-0.3, -0.25) is 4.79 Å². The molecule has 0 atom stereocenters. The fourth-order valence-corrected chi connectivity index (χ4v) is 1.47. The van der Waals surface area contributed by atoms with Crippen molar-refractivity contribution in [3.05, 3.63) is 34.6 Å². The van der Waals surface area contributed by atoms with Crippen LogP contribution in [-0.4, -0.2) is 39.4 Å². The monoisotopic (exact) mass is 275 g/mol. The molecular formula is C12H15ClFNO3. The Kier molecular flexibility index (Phi) is 6.64. The molecule has 0 aromatic heterocycles. The number of nitrogens with one attached hydrogen (secondary N) is 1. The normalized spacial score (nSPS) is 10.4. The van der Waals surface area contributed by atoms with Crippen LogP contribution in [-0.2, 0) is 9.47 Å². The van der Waals surface area contributed by atoms with Crippen molar-refractivity contribution in [1.29, 1.82) is 0 Å². The third-order valence-electron chi connectivity index (χ3n) is 2.16. The van der Waals surface area contributed by atoms with Gasteiger partial charge in [0.25, 0.3) is 5.91 Å². The second-order valence-corrected chi connectivity index (χ2v) is 3.84. The molecule has 1 N–H and O–H groups in total. The largest absolute Gasteiger partial charge is 0.382 e. The topological polar surface area (TPSA) is 47.6 Å². The van der Waals surface area contributed by atoms with Gasteiger partial charge in [-0.25, -0.2) is 4.39 Å². The molecule has 0 fully saturated rings. The van der Waals surface area contributed by atoms with Crippen LogP contribution in [0.2, 0.25) is 5.02 Å². The molecule has 18 heavy (non-hydrogen) atoms. The summed E-state index contributed by atoms with van der Waals surface area (Å²) in [5, 5.41) is 2.42. The number of hydrogen-bond acceptors (Lipinski definition) is 3. The maximum Gasteiger partial charge on any atom is 0.252 e. The number of carbonyl (C=O) groups excluding carboxylic acids is 1. The maximum atomic E-state index is 13.1. The van der Waals surface area contributed by atoms with Gasteiger partial charge < -0.3 is 14.8 Å². The molecule has 0 unspecified atom stereocenters. The molecule has 0 aliphatic rings. The van der Waals surface area contributed by atoms with Crippen molar-refractivity contribution < 1.29 is 18.7 Å². The number of hydrogen-bond donors (Lipinski definition) is 1. The highest BCUT2D eigenvalue weighted by molar-refractivity contribution is 6.34. The van der Waals surface area contributed by atoms with Gasteiger partial charge in [-0.05, 0) is 12.1 Å². The van der Waals surface area contributed by atoms with E-state index in [1.54, 1.807) is 7.11 Å². The third kappa shape index (κ3) is 4.60. The highest BCUT2D eigenvalue weighted by atomic mass is 35.5. The summed E-state index contributed by atoms with van der Waals surface area (Å²) < 4.78 is 23.1. The predicted octanol–water partition coefficient (Wildman–Crippen LogP) is 1.87. The van der Waals surface area contributed by atoms with Crippen LogP contribution >= 0.6 is 11.6 Å². The highest BCUT2D eigenvalue weighted by Gasteiger charge is 2.12. The molecule has 0 spiro atoms.